The average Bonchev–Trinajstić information content (AvgIpc) is 2.83. The Morgan fingerprint density at radius 1 is 1.06 bits per heavy atom. The minimum Gasteiger partial charge on any atom is -0.350 e. The fraction of sp³-hybridized carbons (Fsp3) is 0.417. The standard InChI is InChI=1S/C24H31N3O4S2/c1-4-17(2)25-23(28)19-10-6-7-11-21(19)26-33(30,31)18-12-13-22(32-3)20(16-18)24(29)27-14-8-5-9-15-27/h6-7,10-13,16-17,26H,4-5,8-9,14-15H2,1-3H3,(H,25,28)/t17-/m1/s1. The van der Waals surface area contributed by atoms with Gasteiger partial charge < -0.3 is 10.2 Å². The molecule has 0 bridgehead atoms. The van der Waals surface area contributed by atoms with Crippen LogP contribution in [0, 0.1) is 0 Å². The third kappa shape index (κ3) is 6.09. The first-order valence-corrected chi connectivity index (χ1v) is 13.9. The molecule has 1 saturated heterocycles. The molecule has 9 heteroatoms. The largest absolute Gasteiger partial charge is 0.350 e. The predicted octanol–water partition coefficient (Wildman–Crippen LogP) is 4.36. The maximum atomic E-state index is 13.2. The number of benzene rings is 2. The lowest BCUT2D eigenvalue weighted by Crippen LogP contribution is -2.36. The van der Waals surface area contributed by atoms with E-state index in [9.17, 15) is 18.0 Å². The summed E-state index contributed by atoms with van der Waals surface area (Å²) in [5, 5.41) is 2.86. The topological polar surface area (TPSA) is 95.6 Å². The van der Waals surface area contributed by atoms with Crippen LogP contribution in [0.2, 0.25) is 0 Å². The highest BCUT2D eigenvalue weighted by molar-refractivity contribution is 7.98. The molecule has 3 rings (SSSR count). The van der Waals surface area contributed by atoms with Crippen LogP contribution in [0.4, 0.5) is 5.69 Å². The molecule has 0 aliphatic carbocycles. The molecule has 1 fully saturated rings. The van der Waals surface area contributed by atoms with Gasteiger partial charge in [0, 0.05) is 24.0 Å². The Labute approximate surface area is 200 Å². The molecule has 178 valence electrons. The number of thioether (sulfide) groups is 1. The fourth-order valence-corrected chi connectivity index (χ4v) is 5.34. The van der Waals surface area contributed by atoms with Crippen molar-refractivity contribution in [2.24, 2.45) is 0 Å². The van der Waals surface area contributed by atoms with E-state index in [0.29, 0.717) is 18.7 Å². The molecule has 1 atom stereocenters. The summed E-state index contributed by atoms with van der Waals surface area (Å²) < 4.78 is 29.0. The van der Waals surface area contributed by atoms with Gasteiger partial charge in [0.25, 0.3) is 21.8 Å². The van der Waals surface area contributed by atoms with E-state index in [1.807, 2.05) is 20.1 Å². The molecular weight excluding hydrogens is 458 g/mol. The van der Waals surface area contributed by atoms with Crippen LogP contribution in [-0.4, -0.2) is 50.5 Å². The van der Waals surface area contributed by atoms with Crippen LogP contribution >= 0.6 is 11.8 Å². The Bertz CT molecular complexity index is 1110. The van der Waals surface area contributed by atoms with E-state index in [0.717, 1.165) is 30.6 Å². The van der Waals surface area contributed by atoms with Gasteiger partial charge in [0.2, 0.25) is 0 Å². The van der Waals surface area contributed by atoms with Crippen molar-refractivity contribution >= 4 is 39.3 Å². The van der Waals surface area contributed by atoms with Crippen LogP contribution in [0.15, 0.2) is 52.3 Å². The summed E-state index contributed by atoms with van der Waals surface area (Å²) in [6, 6.07) is 11.0. The molecule has 2 aromatic carbocycles. The lowest BCUT2D eigenvalue weighted by atomic mass is 10.1. The van der Waals surface area contributed by atoms with Crippen molar-refractivity contribution in [2.45, 2.75) is 55.4 Å². The van der Waals surface area contributed by atoms with Crippen LogP contribution in [0.3, 0.4) is 0 Å². The number of sulfonamides is 1. The number of anilines is 1. The lowest BCUT2D eigenvalue weighted by molar-refractivity contribution is 0.0720. The van der Waals surface area contributed by atoms with Gasteiger partial charge in [-0.1, -0.05) is 19.1 Å². The monoisotopic (exact) mass is 489 g/mol. The van der Waals surface area contributed by atoms with E-state index in [1.54, 1.807) is 35.2 Å². The fourth-order valence-electron chi connectivity index (χ4n) is 3.67. The Balaban J connectivity index is 1.91. The second kappa shape index (κ2) is 11.1. The number of carbonyl (C=O) groups is 2. The number of likely N-dealkylation sites (tertiary alicyclic amines) is 1. The first kappa shape index (κ1) is 25.1. The Hall–Kier alpha value is -2.52. The highest BCUT2D eigenvalue weighted by Gasteiger charge is 2.25. The third-order valence-electron chi connectivity index (χ3n) is 5.76. The molecule has 2 N–H and O–H groups in total. The van der Waals surface area contributed by atoms with Crippen LogP contribution < -0.4 is 10.0 Å². The normalized spacial score (nSPS) is 15.1. The van der Waals surface area contributed by atoms with Crippen LogP contribution in [0.1, 0.15) is 60.2 Å². The van der Waals surface area contributed by atoms with Gasteiger partial charge in [0.15, 0.2) is 0 Å². The summed E-state index contributed by atoms with van der Waals surface area (Å²) in [6.07, 6.45) is 5.63. The predicted molar refractivity (Wildman–Crippen MR) is 132 cm³/mol. The Kier molecular flexibility index (Phi) is 8.42. The maximum absolute atomic E-state index is 13.2. The highest BCUT2D eigenvalue weighted by atomic mass is 32.2. The van der Waals surface area contributed by atoms with Crippen LogP contribution in [0.5, 0.6) is 0 Å². The summed E-state index contributed by atoms with van der Waals surface area (Å²) in [4.78, 5) is 28.3. The molecule has 0 aromatic heterocycles. The van der Waals surface area contributed by atoms with Gasteiger partial charge in [-0.2, -0.15) is 0 Å². The Morgan fingerprint density at radius 3 is 2.42 bits per heavy atom. The van der Waals surface area contributed by atoms with Crippen molar-refractivity contribution in [1.82, 2.24) is 10.2 Å². The number of carbonyl (C=O) groups excluding carboxylic acids is 2. The molecular formula is C24H31N3O4S2. The minimum absolute atomic E-state index is 0.0159. The van der Waals surface area contributed by atoms with Crippen molar-refractivity contribution in [1.29, 1.82) is 0 Å². The van der Waals surface area contributed by atoms with Gasteiger partial charge in [0.1, 0.15) is 0 Å². The molecule has 2 aromatic rings. The Morgan fingerprint density at radius 2 is 1.76 bits per heavy atom. The van der Waals surface area contributed by atoms with Crippen molar-refractivity contribution < 1.29 is 18.0 Å². The number of nitrogens with zero attached hydrogens (tertiary/aromatic N) is 1. The van der Waals surface area contributed by atoms with Gasteiger partial charge in [-0.05, 0) is 69.2 Å². The van der Waals surface area contributed by atoms with Gasteiger partial charge in [0.05, 0.1) is 21.7 Å². The molecule has 1 aliphatic rings. The number of piperidine rings is 1. The molecule has 1 heterocycles. The minimum atomic E-state index is -4.03. The molecule has 33 heavy (non-hydrogen) atoms. The lowest BCUT2D eigenvalue weighted by Gasteiger charge is -2.27. The zero-order valence-corrected chi connectivity index (χ0v) is 20.9. The van der Waals surface area contributed by atoms with E-state index in [-0.39, 0.29) is 34.0 Å². The molecule has 0 spiro atoms. The first-order valence-electron chi connectivity index (χ1n) is 11.2. The summed E-state index contributed by atoms with van der Waals surface area (Å²) in [6.45, 7) is 5.21. The van der Waals surface area contributed by atoms with Gasteiger partial charge in [-0.25, -0.2) is 8.42 Å². The molecule has 0 radical (unpaired) electrons. The highest BCUT2D eigenvalue weighted by Crippen LogP contribution is 2.28. The molecule has 0 saturated carbocycles. The van der Waals surface area contributed by atoms with Crippen molar-refractivity contribution in [3.05, 3.63) is 53.6 Å². The van der Waals surface area contributed by atoms with Crippen molar-refractivity contribution in [2.75, 3.05) is 24.1 Å². The van der Waals surface area contributed by atoms with Gasteiger partial charge in [-0.15, -0.1) is 11.8 Å². The molecule has 7 nitrogen and oxygen atoms in total. The molecule has 1 aliphatic heterocycles. The zero-order valence-electron chi connectivity index (χ0n) is 19.3. The van der Waals surface area contributed by atoms with Crippen LogP contribution in [0.25, 0.3) is 0 Å². The van der Waals surface area contributed by atoms with E-state index >= 15 is 0 Å². The van der Waals surface area contributed by atoms with Crippen LogP contribution in [-0.2, 0) is 10.0 Å². The number of hydrogen-bond donors (Lipinski definition) is 2. The smallest absolute Gasteiger partial charge is 0.261 e. The summed E-state index contributed by atoms with van der Waals surface area (Å²) in [7, 11) is -4.03. The zero-order chi connectivity index (χ0) is 24.0. The number of nitrogens with one attached hydrogen (secondary N) is 2. The third-order valence-corrected chi connectivity index (χ3v) is 7.92. The number of amides is 2. The quantitative estimate of drug-likeness (QED) is 0.537. The number of hydrogen-bond acceptors (Lipinski definition) is 5. The molecule has 2 amide bonds. The van der Waals surface area contributed by atoms with E-state index < -0.39 is 10.0 Å². The maximum Gasteiger partial charge on any atom is 0.261 e. The molecule has 0 unspecified atom stereocenters. The van der Waals surface area contributed by atoms with E-state index in [4.69, 9.17) is 0 Å². The SMILES string of the molecule is CC[C@@H](C)NC(=O)c1ccccc1NS(=O)(=O)c1ccc(SC)c(C(=O)N2CCCCC2)c1. The summed E-state index contributed by atoms with van der Waals surface area (Å²) in [5.74, 6) is -0.495. The first-order chi connectivity index (χ1) is 15.8. The number of rotatable bonds is 8. The summed E-state index contributed by atoms with van der Waals surface area (Å²) in [5.41, 5.74) is 0.818. The second-order valence-corrected chi connectivity index (χ2v) is 10.7. The average molecular weight is 490 g/mol. The van der Waals surface area contributed by atoms with E-state index in [1.165, 1.54) is 23.9 Å². The van der Waals surface area contributed by atoms with Crippen molar-refractivity contribution in [3.63, 3.8) is 0 Å². The van der Waals surface area contributed by atoms with Gasteiger partial charge >= 0.3 is 0 Å². The second-order valence-electron chi connectivity index (χ2n) is 8.15. The van der Waals surface area contributed by atoms with Gasteiger partial charge in [-0.3, -0.25) is 14.3 Å². The van der Waals surface area contributed by atoms with E-state index in [2.05, 4.69) is 10.0 Å². The van der Waals surface area contributed by atoms with Crippen molar-refractivity contribution in [3.8, 4) is 0 Å². The summed E-state index contributed by atoms with van der Waals surface area (Å²) >= 11 is 1.41. The number of para-hydroxylation sites is 1.